The number of nitrogens with one attached hydrogen (secondary N) is 2. The van der Waals surface area contributed by atoms with Gasteiger partial charge < -0.3 is 15.2 Å². The fraction of sp³-hybridized carbons (Fsp3) is 0.150. The Bertz CT molecular complexity index is 1280. The maximum Gasteiger partial charge on any atom is 0.252 e. The van der Waals surface area contributed by atoms with Crippen molar-refractivity contribution in [1.29, 1.82) is 0 Å². The molecule has 0 spiro atoms. The van der Waals surface area contributed by atoms with Crippen LogP contribution in [0.3, 0.4) is 0 Å². The van der Waals surface area contributed by atoms with Gasteiger partial charge in [0.1, 0.15) is 10.8 Å². The second-order valence-electron chi connectivity index (χ2n) is 6.62. The summed E-state index contributed by atoms with van der Waals surface area (Å²) in [7, 11) is 1.73. The summed E-state index contributed by atoms with van der Waals surface area (Å²) in [6.45, 7) is 1.93. The van der Waals surface area contributed by atoms with E-state index < -0.39 is 0 Å². The highest BCUT2D eigenvalue weighted by Gasteiger charge is 2.13. The Kier molecular flexibility index (Phi) is 5.52. The van der Waals surface area contributed by atoms with Crippen LogP contribution in [0.2, 0.25) is 10.3 Å². The average Bonchev–Trinajstić information content (AvgIpc) is 2.75. The number of nitrogens with zero attached hydrogens (tertiary/aromatic N) is 5. The Morgan fingerprint density at radius 1 is 1.10 bits per heavy atom. The smallest absolute Gasteiger partial charge is 0.252 e. The van der Waals surface area contributed by atoms with Gasteiger partial charge in [-0.05, 0) is 42.8 Å². The number of aryl methyl sites for hydroxylation is 1. The first-order valence-corrected chi connectivity index (χ1v) is 9.80. The molecule has 1 unspecified atom stereocenters. The Balaban J connectivity index is 1.76. The van der Waals surface area contributed by atoms with E-state index in [0.29, 0.717) is 22.4 Å². The predicted octanol–water partition coefficient (Wildman–Crippen LogP) is 4.34. The molecule has 4 rings (SSSR count). The number of fused-ring (bicyclic) bond motifs is 1. The van der Waals surface area contributed by atoms with Crippen LogP contribution >= 0.6 is 23.2 Å². The third kappa shape index (κ3) is 4.05. The van der Waals surface area contributed by atoms with E-state index in [2.05, 4.69) is 30.6 Å². The molecule has 152 valence electrons. The van der Waals surface area contributed by atoms with Gasteiger partial charge in [0.05, 0.1) is 17.8 Å². The molecule has 0 aliphatic rings. The maximum absolute atomic E-state index is 12.5. The topological polar surface area (TPSA) is 97.6 Å². The molecule has 3 heterocycles. The minimum Gasteiger partial charge on any atom is -0.375 e. The van der Waals surface area contributed by atoms with Crippen LogP contribution < -0.4 is 16.2 Å². The monoisotopic (exact) mass is 441 g/mol. The lowest BCUT2D eigenvalue weighted by Crippen LogP contribution is -2.19. The van der Waals surface area contributed by atoms with E-state index >= 15 is 0 Å². The molecule has 0 fully saturated rings. The first-order chi connectivity index (χ1) is 14.4. The summed E-state index contributed by atoms with van der Waals surface area (Å²) in [5.74, 6) is 1.02. The summed E-state index contributed by atoms with van der Waals surface area (Å²) in [5.41, 5.74) is 2.04. The number of benzene rings is 1. The van der Waals surface area contributed by atoms with Crippen LogP contribution in [0.4, 0.5) is 17.2 Å². The quantitative estimate of drug-likeness (QED) is 0.444. The van der Waals surface area contributed by atoms with Gasteiger partial charge in [0, 0.05) is 42.3 Å². The van der Waals surface area contributed by atoms with Gasteiger partial charge in [0.2, 0.25) is 5.28 Å². The third-order valence-electron chi connectivity index (χ3n) is 4.57. The van der Waals surface area contributed by atoms with Crippen molar-refractivity contribution in [2.45, 2.75) is 13.0 Å². The zero-order valence-electron chi connectivity index (χ0n) is 16.1. The first kappa shape index (κ1) is 20.1. The van der Waals surface area contributed by atoms with Gasteiger partial charge in [-0.25, -0.2) is 15.0 Å². The number of hydrogen-bond acceptors (Lipinski definition) is 7. The molecule has 1 atom stereocenters. The molecular formula is C20H17Cl2N7O. The Labute approximate surface area is 181 Å². The van der Waals surface area contributed by atoms with Crippen molar-refractivity contribution in [1.82, 2.24) is 24.5 Å². The van der Waals surface area contributed by atoms with Crippen molar-refractivity contribution in [2.75, 3.05) is 10.6 Å². The molecule has 0 bridgehead atoms. The van der Waals surface area contributed by atoms with E-state index in [1.54, 1.807) is 36.1 Å². The lowest BCUT2D eigenvalue weighted by atomic mass is 10.1. The summed E-state index contributed by atoms with van der Waals surface area (Å²) in [6, 6.07) is 8.70. The Morgan fingerprint density at radius 2 is 1.87 bits per heavy atom. The fourth-order valence-corrected chi connectivity index (χ4v) is 3.33. The van der Waals surface area contributed by atoms with Gasteiger partial charge in [-0.15, -0.1) is 0 Å². The Hall–Kier alpha value is -3.23. The van der Waals surface area contributed by atoms with Crippen molar-refractivity contribution < 1.29 is 0 Å². The van der Waals surface area contributed by atoms with Crippen LogP contribution in [0.25, 0.3) is 10.9 Å². The number of pyridine rings is 1. The van der Waals surface area contributed by atoms with Crippen LogP contribution in [-0.2, 0) is 7.05 Å². The second-order valence-corrected chi connectivity index (χ2v) is 7.37. The normalized spacial score (nSPS) is 12.0. The van der Waals surface area contributed by atoms with E-state index in [0.717, 1.165) is 16.6 Å². The molecule has 3 aromatic heterocycles. The molecule has 0 aliphatic heterocycles. The van der Waals surface area contributed by atoms with Gasteiger partial charge in [-0.1, -0.05) is 11.6 Å². The molecule has 0 saturated heterocycles. The highest BCUT2D eigenvalue weighted by molar-refractivity contribution is 6.33. The van der Waals surface area contributed by atoms with Crippen LogP contribution in [0, 0.1) is 0 Å². The minimum absolute atomic E-state index is 0.0872. The zero-order valence-corrected chi connectivity index (χ0v) is 17.6. The van der Waals surface area contributed by atoms with Crippen molar-refractivity contribution >= 4 is 51.3 Å². The second kappa shape index (κ2) is 8.25. The van der Waals surface area contributed by atoms with Gasteiger partial charge in [-0.3, -0.25) is 4.79 Å². The molecule has 0 radical (unpaired) electrons. The van der Waals surface area contributed by atoms with Crippen molar-refractivity contribution in [3.8, 4) is 0 Å². The molecule has 0 aliphatic carbocycles. The molecule has 2 N–H and O–H groups in total. The van der Waals surface area contributed by atoms with Crippen LogP contribution in [0.1, 0.15) is 18.8 Å². The van der Waals surface area contributed by atoms with Gasteiger partial charge in [-0.2, -0.15) is 4.98 Å². The highest BCUT2D eigenvalue weighted by Crippen LogP contribution is 2.30. The minimum atomic E-state index is -0.201. The number of aromatic nitrogens is 5. The summed E-state index contributed by atoms with van der Waals surface area (Å²) in [4.78, 5) is 29.0. The largest absolute Gasteiger partial charge is 0.375 e. The molecule has 0 saturated carbocycles. The van der Waals surface area contributed by atoms with Crippen molar-refractivity contribution in [3.63, 3.8) is 0 Å². The summed E-state index contributed by atoms with van der Waals surface area (Å²) in [6.07, 6.45) is 4.79. The summed E-state index contributed by atoms with van der Waals surface area (Å²) in [5, 5.41) is 7.75. The average molecular weight is 442 g/mol. The number of hydrogen-bond donors (Lipinski definition) is 2. The van der Waals surface area contributed by atoms with Crippen molar-refractivity contribution in [3.05, 3.63) is 75.4 Å². The highest BCUT2D eigenvalue weighted by atomic mass is 35.5. The molecule has 0 amide bonds. The van der Waals surface area contributed by atoms with E-state index in [-0.39, 0.29) is 16.9 Å². The van der Waals surface area contributed by atoms with Crippen LogP contribution in [-0.4, -0.2) is 24.5 Å². The van der Waals surface area contributed by atoms with Gasteiger partial charge in [0.25, 0.3) is 5.56 Å². The number of anilines is 3. The molecule has 4 aromatic rings. The zero-order chi connectivity index (χ0) is 21.3. The number of rotatable bonds is 5. The molecule has 10 heteroatoms. The van der Waals surface area contributed by atoms with E-state index in [4.69, 9.17) is 23.2 Å². The van der Waals surface area contributed by atoms with E-state index in [9.17, 15) is 4.79 Å². The van der Waals surface area contributed by atoms with Gasteiger partial charge in [0.15, 0.2) is 5.82 Å². The lowest BCUT2D eigenvalue weighted by molar-refractivity contribution is 0.788. The predicted molar refractivity (Wildman–Crippen MR) is 119 cm³/mol. The lowest BCUT2D eigenvalue weighted by Gasteiger charge is -2.18. The van der Waals surface area contributed by atoms with Crippen LogP contribution in [0.15, 0.2) is 53.7 Å². The molecular weight excluding hydrogens is 425 g/mol. The molecule has 8 nitrogen and oxygen atoms in total. The molecule has 30 heavy (non-hydrogen) atoms. The van der Waals surface area contributed by atoms with E-state index in [1.165, 1.54) is 6.20 Å². The standard InChI is InChI=1S/C20H17Cl2N7O/c1-11(18-23-6-3-7-24-18)26-15-9-17(30)29(2)16-5-4-12(8-13(15)16)27-19-14(21)10-25-20(22)28-19/h3-11,26H,1-2H3,(H,25,27,28). The summed E-state index contributed by atoms with van der Waals surface area (Å²) >= 11 is 12.0. The molecule has 1 aromatic carbocycles. The third-order valence-corrected chi connectivity index (χ3v) is 5.03. The maximum atomic E-state index is 12.5. The van der Waals surface area contributed by atoms with Crippen LogP contribution in [0.5, 0.6) is 0 Å². The summed E-state index contributed by atoms with van der Waals surface area (Å²) < 4.78 is 1.59. The SMILES string of the molecule is CC(Nc1cc(=O)n(C)c2ccc(Nc3nc(Cl)ncc3Cl)cc12)c1ncccn1. The first-order valence-electron chi connectivity index (χ1n) is 9.04. The Morgan fingerprint density at radius 3 is 2.63 bits per heavy atom. The van der Waals surface area contributed by atoms with Crippen molar-refractivity contribution in [2.24, 2.45) is 7.05 Å². The van der Waals surface area contributed by atoms with Gasteiger partial charge >= 0.3 is 0 Å². The van der Waals surface area contributed by atoms with E-state index in [1.807, 2.05) is 25.1 Å². The number of halogens is 2. The fourth-order valence-electron chi connectivity index (χ4n) is 3.06.